The van der Waals surface area contributed by atoms with Crippen LogP contribution in [0.15, 0.2) is 242 Å². The Balaban J connectivity index is 1.53. The van der Waals surface area contributed by atoms with Gasteiger partial charge >= 0.3 is 0 Å². The van der Waals surface area contributed by atoms with E-state index >= 15 is 0 Å². The van der Waals surface area contributed by atoms with E-state index in [1.54, 1.807) is 0 Å². The first-order valence-corrected chi connectivity index (χ1v) is 19.1. The van der Waals surface area contributed by atoms with Gasteiger partial charge in [0.25, 0.3) is 0 Å². The van der Waals surface area contributed by atoms with Gasteiger partial charge in [0, 0.05) is 43.2 Å². The molecule has 0 bridgehead atoms. The third-order valence-electron chi connectivity index (χ3n) is 9.54. The van der Waals surface area contributed by atoms with Gasteiger partial charge in [0.2, 0.25) is 0 Å². The minimum atomic E-state index is -1.48. The molecule has 10 aromatic carbocycles. The maximum absolute atomic E-state index is 10.6. The van der Waals surface area contributed by atoms with Crippen molar-refractivity contribution in [1.82, 2.24) is 4.57 Å². The van der Waals surface area contributed by atoms with Crippen LogP contribution in [0.1, 0.15) is 54.8 Å². The van der Waals surface area contributed by atoms with Gasteiger partial charge in [-0.1, -0.05) is 181 Å². The van der Waals surface area contributed by atoms with Crippen molar-refractivity contribution in [1.29, 1.82) is 0 Å². The molecular formula is C60H40N2S. The van der Waals surface area contributed by atoms with E-state index in [9.17, 15) is 31.5 Å². The van der Waals surface area contributed by atoms with Crippen LogP contribution in [0.3, 0.4) is 0 Å². The molecule has 0 N–H and O–H groups in total. The molecule has 0 fully saturated rings. The summed E-state index contributed by atoms with van der Waals surface area (Å²) in [6, 6.07) is -47.9. The molecule has 296 valence electrons. The van der Waals surface area contributed by atoms with Gasteiger partial charge in [0.15, 0.2) is 0 Å². The predicted octanol–water partition coefficient (Wildman–Crippen LogP) is 17.3. The van der Waals surface area contributed by atoms with Crippen LogP contribution in [0.2, 0.25) is 0 Å². The summed E-state index contributed by atoms with van der Waals surface area (Å²) in [5.41, 5.74) is -16.5. The Morgan fingerprint density at radius 3 is 1.46 bits per heavy atom. The van der Waals surface area contributed by atoms with Gasteiger partial charge in [-0.05, 0) is 99.4 Å². The van der Waals surface area contributed by atoms with E-state index in [0.29, 0.717) is 9.47 Å². The van der Waals surface area contributed by atoms with Gasteiger partial charge in [-0.15, -0.1) is 11.3 Å². The highest BCUT2D eigenvalue weighted by Gasteiger charge is 2.26. The zero-order chi connectivity index (χ0) is 76.5. The third-order valence-corrected chi connectivity index (χ3v) is 10.6. The zero-order valence-corrected chi connectivity index (χ0v) is 32.1. The molecule has 0 unspecified atom stereocenters. The number of hydrogen-bond acceptors (Lipinski definition) is 2. The molecule has 2 aromatic heterocycles. The Morgan fingerprint density at radius 1 is 0.349 bits per heavy atom. The highest BCUT2D eigenvalue weighted by molar-refractivity contribution is 7.26. The van der Waals surface area contributed by atoms with Crippen LogP contribution in [0.5, 0.6) is 0 Å². The van der Waals surface area contributed by atoms with E-state index in [2.05, 4.69) is 0 Å². The average Bonchev–Trinajstić information content (AvgIpc) is 1.55. The van der Waals surface area contributed by atoms with Crippen LogP contribution in [-0.4, -0.2) is 4.57 Å². The molecule has 0 atom stereocenters. The standard InChI is InChI=1S/C60H40N2S/c1-6-20-41(21-7-1)45-36-46(42-22-8-2-9-23-42)38-49(37-45)61(56-34-19-32-52-50-30-16-17-35-57(50)63-60(52)56)55-33-18-31-51-54-40-47(43-24-10-3-11-25-43)39-53(44-26-12-4-13-27-44)58(54)62(59(51)55)48-28-14-5-15-29-48/h1-40H/i1D,2D,3D,4D,5D,6D,7D,8D,9D,10D,11D,12D,13D,14D,15D,16D,17D,18D,19D,20D,21D,22D,23D,24D,25D,26D,27D,28D,29D,30D,31D,32D,33D,34D,35D,36D,37D,38D,39D,40D. The topological polar surface area (TPSA) is 8.17 Å². The van der Waals surface area contributed by atoms with E-state index in [0.717, 1.165) is 0 Å². The SMILES string of the molecule is [2H]c1c([2H])c([2H])c(-c2c([2H])c(-c3c([2H])c([2H])c([2H])c([2H])c3[2H])c([2H])c(N(c3c([2H])c([2H])c([2H])c4c3sc3c([2H])c([2H])c([2H])c([2H])c34)c3c([2H])c([2H])c([2H])c4c5c([2H])c(-c6c([2H])c([2H])c([2H])c([2H])c6[2H])c([2H])c(-c6c([2H])c([2H])c([2H])c([2H])c6[2H])c5n(-c5c([2H])c([2H])c([2H])c([2H])c5[2H])c34)c2[2H])c([2H])c1[2H]. The number of rotatable bonds is 8. The van der Waals surface area contributed by atoms with E-state index in [4.69, 9.17) is 23.3 Å². The van der Waals surface area contributed by atoms with Crippen molar-refractivity contribution in [2.45, 2.75) is 0 Å². The van der Waals surface area contributed by atoms with Gasteiger partial charge in [0.1, 0.15) is 0 Å². The van der Waals surface area contributed by atoms with Gasteiger partial charge in [-0.3, -0.25) is 0 Å². The van der Waals surface area contributed by atoms with Crippen LogP contribution in [0.25, 0.3) is 92.2 Å². The van der Waals surface area contributed by atoms with Gasteiger partial charge < -0.3 is 9.47 Å². The highest BCUT2D eigenvalue weighted by atomic mass is 32.1. The fourth-order valence-corrected chi connectivity index (χ4v) is 8.06. The van der Waals surface area contributed by atoms with Crippen molar-refractivity contribution in [3.63, 3.8) is 0 Å². The molecule has 12 rings (SSSR count). The summed E-state index contributed by atoms with van der Waals surface area (Å²) >= 11 is 0.289. The number of hydrogen-bond donors (Lipinski definition) is 0. The van der Waals surface area contributed by atoms with Crippen molar-refractivity contribution >= 4 is 70.4 Å². The van der Waals surface area contributed by atoms with Gasteiger partial charge in [0.05, 0.1) is 81.9 Å². The molecule has 12 aromatic rings. The monoisotopic (exact) mass is 861 g/mol. The quantitative estimate of drug-likeness (QED) is 0.148. The molecule has 0 saturated carbocycles. The summed E-state index contributed by atoms with van der Waals surface area (Å²) in [6.45, 7) is 0. The molecule has 0 aliphatic heterocycles. The number of anilines is 3. The summed E-state index contributed by atoms with van der Waals surface area (Å²) in [4.78, 5) is 0.356. The number of fused-ring (bicyclic) bond motifs is 6. The van der Waals surface area contributed by atoms with Crippen LogP contribution in [0, 0.1) is 0 Å². The first kappa shape index (κ1) is 14.3. The van der Waals surface area contributed by atoms with Crippen molar-refractivity contribution in [2.24, 2.45) is 0 Å². The Bertz CT molecular complexity index is 5770. The smallest absolute Gasteiger partial charge is 0.0782 e. The lowest BCUT2D eigenvalue weighted by atomic mass is 9.95. The van der Waals surface area contributed by atoms with Gasteiger partial charge in [-0.25, -0.2) is 0 Å². The molecule has 0 saturated heterocycles. The minimum Gasteiger partial charge on any atom is -0.307 e. The Labute approximate surface area is 427 Å². The van der Waals surface area contributed by atoms with Crippen molar-refractivity contribution in [3.05, 3.63) is 242 Å². The molecule has 2 heterocycles. The van der Waals surface area contributed by atoms with Crippen molar-refractivity contribution < 1.29 is 54.8 Å². The van der Waals surface area contributed by atoms with Crippen LogP contribution in [0.4, 0.5) is 17.1 Å². The van der Waals surface area contributed by atoms with Crippen LogP contribution >= 0.6 is 11.3 Å². The normalized spacial score (nSPS) is 20.4. The van der Waals surface area contributed by atoms with Crippen molar-refractivity contribution in [2.75, 3.05) is 4.90 Å². The summed E-state index contributed by atoms with van der Waals surface area (Å²) in [7, 11) is 0. The highest BCUT2D eigenvalue weighted by Crippen LogP contribution is 2.50. The minimum absolute atomic E-state index is 0.289. The maximum Gasteiger partial charge on any atom is 0.0782 e. The first-order chi connectivity index (χ1) is 47.9. The first-order valence-electron chi connectivity index (χ1n) is 38.2. The predicted molar refractivity (Wildman–Crippen MR) is 270 cm³/mol. The van der Waals surface area contributed by atoms with E-state index in [1.807, 2.05) is 0 Å². The molecule has 0 aliphatic carbocycles. The Hall–Kier alpha value is -7.98. The summed E-state index contributed by atoms with van der Waals surface area (Å²) in [6.07, 6.45) is 0. The third kappa shape index (κ3) is 6.41. The van der Waals surface area contributed by atoms with E-state index in [1.165, 1.54) is 0 Å². The molecule has 0 spiro atoms. The Morgan fingerprint density at radius 2 is 0.841 bits per heavy atom. The lowest BCUT2D eigenvalue weighted by Crippen LogP contribution is -2.12. The maximum atomic E-state index is 10.6. The number of para-hydroxylation sites is 2. The van der Waals surface area contributed by atoms with E-state index in [-0.39, 0.29) is 11.3 Å². The largest absolute Gasteiger partial charge is 0.307 e. The van der Waals surface area contributed by atoms with Crippen LogP contribution in [-0.2, 0) is 0 Å². The number of thiophene rings is 1. The second-order valence-electron chi connectivity index (χ2n) is 13.0. The molecule has 0 amide bonds. The average molecular weight is 861 g/mol. The second kappa shape index (κ2) is 15.5. The fourth-order valence-electron chi connectivity index (χ4n) is 7.00. The number of aromatic nitrogens is 1. The molecule has 2 nitrogen and oxygen atoms in total. The molecule has 0 aliphatic rings. The summed E-state index contributed by atoms with van der Waals surface area (Å²) in [5, 5.41) is -3.40. The lowest BCUT2D eigenvalue weighted by molar-refractivity contribution is 1.17. The molecule has 63 heavy (non-hydrogen) atoms. The second-order valence-corrected chi connectivity index (χ2v) is 14.0. The molecule has 0 radical (unpaired) electrons. The van der Waals surface area contributed by atoms with Crippen LogP contribution < -0.4 is 4.90 Å². The lowest BCUT2D eigenvalue weighted by Gasteiger charge is -2.29. The number of benzene rings is 10. The Kier molecular flexibility index (Phi) is 3.51. The summed E-state index contributed by atoms with van der Waals surface area (Å²) < 4.78 is 373. The van der Waals surface area contributed by atoms with Gasteiger partial charge in [-0.2, -0.15) is 0 Å². The molecular weight excluding hydrogens is 781 g/mol. The number of nitrogens with zero attached hydrogens (tertiary/aromatic N) is 2. The fraction of sp³-hybridized carbons (Fsp3) is 0. The van der Waals surface area contributed by atoms with Crippen molar-refractivity contribution in [3.8, 4) is 50.2 Å². The molecule has 3 heteroatoms. The van der Waals surface area contributed by atoms with E-state index < -0.39 is 351 Å². The zero-order valence-electron chi connectivity index (χ0n) is 71.3. The summed E-state index contributed by atoms with van der Waals surface area (Å²) in [5.74, 6) is 0.